The number of pyridine rings is 1. The summed E-state index contributed by atoms with van der Waals surface area (Å²) in [6, 6.07) is 5.81. The summed E-state index contributed by atoms with van der Waals surface area (Å²) < 4.78 is 0. The van der Waals surface area contributed by atoms with E-state index in [1.54, 1.807) is 13.1 Å². The van der Waals surface area contributed by atoms with Crippen molar-refractivity contribution in [2.24, 2.45) is 0 Å². The first-order chi connectivity index (χ1) is 7.26. The normalized spacial score (nSPS) is 19.8. The molecule has 1 aromatic heterocycles. The average molecular weight is 204 g/mol. The molecule has 3 heteroatoms. The van der Waals surface area contributed by atoms with Gasteiger partial charge in [0.15, 0.2) is 0 Å². The molecule has 1 N–H and O–H groups in total. The summed E-state index contributed by atoms with van der Waals surface area (Å²) in [7, 11) is 0. The molecule has 0 atom stereocenters. The first-order valence-corrected chi connectivity index (χ1v) is 5.39. The predicted molar refractivity (Wildman–Crippen MR) is 58.7 cm³/mol. The number of Topliss-reactive ketones (excluding diaryl/α,β-unsaturated/α-hetero) is 1. The first-order valence-electron chi connectivity index (χ1n) is 5.39. The summed E-state index contributed by atoms with van der Waals surface area (Å²) in [6.45, 7) is 3.48. The number of hydrogen-bond donors (Lipinski definition) is 1. The molecule has 0 saturated carbocycles. The zero-order chi connectivity index (χ0) is 10.7. The van der Waals surface area contributed by atoms with Crippen molar-refractivity contribution in [1.29, 1.82) is 0 Å². The van der Waals surface area contributed by atoms with Crippen molar-refractivity contribution in [3.8, 4) is 0 Å². The number of hydrogen-bond acceptors (Lipinski definition) is 3. The summed E-state index contributed by atoms with van der Waals surface area (Å²) in [6.07, 6.45) is 3.49. The number of aromatic nitrogens is 1. The van der Waals surface area contributed by atoms with Gasteiger partial charge in [-0.1, -0.05) is 6.07 Å². The standard InChI is InChI=1S/C12H16N2O/c1-10(15)12(5-8-13-9-6-12)11-4-2-3-7-14-11/h2-4,7,13H,5-6,8-9H2,1H3. The van der Waals surface area contributed by atoms with Crippen LogP contribution in [0.3, 0.4) is 0 Å². The smallest absolute Gasteiger partial charge is 0.142 e. The third-order valence-corrected chi connectivity index (χ3v) is 3.29. The van der Waals surface area contributed by atoms with Gasteiger partial charge in [0.05, 0.1) is 11.1 Å². The van der Waals surface area contributed by atoms with Crippen LogP contribution in [0.4, 0.5) is 0 Å². The zero-order valence-corrected chi connectivity index (χ0v) is 8.99. The fourth-order valence-electron chi connectivity index (χ4n) is 2.29. The van der Waals surface area contributed by atoms with Gasteiger partial charge in [0.1, 0.15) is 5.78 Å². The Balaban J connectivity index is 2.38. The molecule has 1 saturated heterocycles. The summed E-state index contributed by atoms with van der Waals surface area (Å²) in [5.41, 5.74) is 0.589. The minimum atomic E-state index is -0.341. The van der Waals surface area contributed by atoms with Crippen molar-refractivity contribution >= 4 is 5.78 Å². The molecule has 0 unspecified atom stereocenters. The van der Waals surface area contributed by atoms with Gasteiger partial charge in [-0.05, 0) is 45.0 Å². The van der Waals surface area contributed by atoms with E-state index in [0.717, 1.165) is 31.6 Å². The van der Waals surface area contributed by atoms with Gasteiger partial charge in [-0.15, -0.1) is 0 Å². The van der Waals surface area contributed by atoms with Crippen LogP contribution >= 0.6 is 0 Å². The Kier molecular flexibility index (Phi) is 2.82. The number of carbonyl (C=O) groups is 1. The van der Waals surface area contributed by atoms with Gasteiger partial charge in [-0.2, -0.15) is 0 Å². The van der Waals surface area contributed by atoms with Crippen molar-refractivity contribution in [3.05, 3.63) is 30.1 Å². The lowest BCUT2D eigenvalue weighted by Crippen LogP contribution is -2.45. The Hall–Kier alpha value is -1.22. The summed E-state index contributed by atoms with van der Waals surface area (Å²) in [4.78, 5) is 16.2. The number of carbonyl (C=O) groups excluding carboxylic acids is 1. The molecule has 1 aromatic rings. The number of nitrogens with zero attached hydrogens (tertiary/aromatic N) is 1. The Morgan fingerprint density at radius 2 is 2.13 bits per heavy atom. The molecule has 2 rings (SSSR count). The molecule has 3 nitrogen and oxygen atoms in total. The second kappa shape index (κ2) is 4.11. The number of rotatable bonds is 2. The molecular weight excluding hydrogens is 188 g/mol. The topological polar surface area (TPSA) is 42.0 Å². The fourth-order valence-corrected chi connectivity index (χ4v) is 2.29. The monoisotopic (exact) mass is 204 g/mol. The molecular formula is C12H16N2O. The highest BCUT2D eigenvalue weighted by atomic mass is 16.1. The highest BCUT2D eigenvalue weighted by Crippen LogP contribution is 2.32. The number of ketones is 1. The van der Waals surface area contributed by atoms with Gasteiger partial charge < -0.3 is 5.32 Å². The van der Waals surface area contributed by atoms with Crippen LogP contribution in [0.2, 0.25) is 0 Å². The molecule has 80 valence electrons. The molecule has 0 aromatic carbocycles. The molecule has 0 aliphatic carbocycles. The van der Waals surface area contributed by atoms with Crippen LogP contribution in [0, 0.1) is 0 Å². The van der Waals surface area contributed by atoms with Crippen molar-refractivity contribution in [2.45, 2.75) is 25.2 Å². The molecule has 1 fully saturated rings. The van der Waals surface area contributed by atoms with E-state index in [0.29, 0.717) is 0 Å². The minimum absolute atomic E-state index is 0.239. The lowest BCUT2D eigenvalue weighted by molar-refractivity contribution is -0.123. The number of piperidine rings is 1. The van der Waals surface area contributed by atoms with Gasteiger partial charge in [0, 0.05) is 6.20 Å². The molecule has 0 amide bonds. The van der Waals surface area contributed by atoms with Gasteiger partial charge in [0.2, 0.25) is 0 Å². The Morgan fingerprint density at radius 3 is 2.67 bits per heavy atom. The zero-order valence-electron chi connectivity index (χ0n) is 8.99. The van der Waals surface area contributed by atoms with Crippen molar-refractivity contribution in [3.63, 3.8) is 0 Å². The summed E-state index contributed by atoms with van der Waals surface area (Å²) in [5, 5.41) is 3.28. The average Bonchev–Trinajstić information content (AvgIpc) is 2.31. The second-order valence-corrected chi connectivity index (χ2v) is 4.10. The lowest BCUT2D eigenvalue weighted by atomic mass is 9.73. The molecule has 1 aliphatic rings. The maximum atomic E-state index is 11.9. The molecule has 0 bridgehead atoms. The molecule has 2 heterocycles. The van der Waals surface area contributed by atoms with Crippen molar-refractivity contribution < 1.29 is 4.79 Å². The van der Waals surface area contributed by atoms with Crippen LogP contribution in [-0.2, 0) is 10.2 Å². The number of nitrogens with one attached hydrogen (secondary N) is 1. The van der Waals surface area contributed by atoms with Crippen LogP contribution in [0.5, 0.6) is 0 Å². The van der Waals surface area contributed by atoms with Gasteiger partial charge in [-0.3, -0.25) is 9.78 Å². The quantitative estimate of drug-likeness (QED) is 0.789. The van der Waals surface area contributed by atoms with E-state index in [-0.39, 0.29) is 11.2 Å². The van der Waals surface area contributed by atoms with Crippen LogP contribution < -0.4 is 5.32 Å². The lowest BCUT2D eigenvalue weighted by Gasteiger charge is -2.34. The molecule has 15 heavy (non-hydrogen) atoms. The molecule has 0 radical (unpaired) electrons. The first kappa shape index (κ1) is 10.3. The van der Waals surface area contributed by atoms with Crippen molar-refractivity contribution in [2.75, 3.05) is 13.1 Å². The second-order valence-electron chi connectivity index (χ2n) is 4.10. The maximum absolute atomic E-state index is 11.9. The van der Waals surface area contributed by atoms with E-state index in [1.807, 2.05) is 18.2 Å². The third-order valence-electron chi connectivity index (χ3n) is 3.29. The van der Waals surface area contributed by atoms with E-state index < -0.39 is 0 Å². The fraction of sp³-hybridized carbons (Fsp3) is 0.500. The van der Waals surface area contributed by atoms with Crippen LogP contribution in [0.1, 0.15) is 25.5 Å². The Labute approximate surface area is 89.9 Å². The van der Waals surface area contributed by atoms with E-state index >= 15 is 0 Å². The van der Waals surface area contributed by atoms with Gasteiger partial charge in [-0.25, -0.2) is 0 Å². The molecule has 1 aliphatic heterocycles. The van der Waals surface area contributed by atoms with E-state index in [4.69, 9.17) is 0 Å². The Bertz CT molecular complexity index is 342. The SMILES string of the molecule is CC(=O)C1(c2ccccn2)CCNCC1. The Morgan fingerprint density at radius 1 is 1.40 bits per heavy atom. The van der Waals surface area contributed by atoms with E-state index in [1.165, 1.54) is 0 Å². The summed E-state index contributed by atoms with van der Waals surface area (Å²) >= 11 is 0. The van der Waals surface area contributed by atoms with Crippen LogP contribution in [-0.4, -0.2) is 23.9 Å². The van der Waals surface area contributed by atoms with Gasteiger partial charge >= 0.3 is 0 Å². The highest BCUT2D eigenvalue weighted by Gasteiger charge is 2.39. The molecule has 0 spiro atoms. The van der Waals surface area contributed by atoms with Crippen molar-refractivity contribution in [1.82, 2.24) is 10.3 Å². The van der Waals surface area contributed by atoms with E-state index in [9.17, 15) is 4.79 Å². The predicted octanol–water partition coefficient (Wildman–Crippen LogP) is 1.29. The minimum Gasteiger partial charge on any atom is -0.317 e. The van der Waals surface area contributed by atoms with Crippen LogP contribution in [0.25, 0.3) is 0 Å². The van der Waals surface area contributed by atoms with E-state index in [2.05, 4.69) is 10.3 Å². The largest absolute Gasteiger partial charge is 0.317 e. The van der Waals surface area contributed by atoms with Gasteiger partial charge in [0.25, 0.3) is 0 Å². The maximum Gasteiger partial charge on any atom is 0.142 e. The highest BCUT2D eigenvalue weighted by molar-refractivity contribution is 5.87. The summed E-state index contributed by atoms with van der Waals surface area (Å²) in [5.74, 6) is 0.239. The van der Waals surface area contributed by atoms with Crippen LogP contribution in [0.15, 0.2) is 24.4 Å². The third kappa shape index (κ3) is 1.79.